The SMILES string of the molecule is CCCCOC(=O)COc1cccc(CNCC)c1. The number of ether oxygens (including phenoxy) is 2. The van der Waals surface area contributed by atoms with E-state index in [9.17, 15) is 4.79 Å². The van der Waals surface area contributed by atoms with Gasteiger partial charge in [0.15, 0.2) is 6.61 Å². The first-order valence-corrected chi connectivity index (χ1v) is 6.84. The molecule has 0 aliphatic heterocycles. The van der Waals surface area contributed by atoms with Crippen LogP contribution in [0.1, 0.15) is 32.3 Å². The quantitative estimate of drug-likeness (QED) is 0.550. The van der Waals surface area contributed by atoms with Crippen molar-refractivity contribution in [2.75, 3.05) is 19.8 Å². The molecule has 0 saturated heterocycles. The Kier molecular flexibility index (Phi) is 7.66. The Bertz CT molecular complexity index is 379. The van der Waals surface area contributed by atoms with Crippen molar-refractivity contribution in [1.82, 2.24) is 5.32 Å². The van der Waals surface area contributed by atoms with Gasteiger partial charge in [-0.3, -0.25) is 0 Å². The van der Waals surface area contributed by atoms with Crippen LogP contribution in [0.4, 0.5) is 0 Å². The van der Waals surface area contributed by atoms with Crippen molar-refractivity contribution in [3.63, 3.8) is 0 Å². The van der Waals surface area contributed by atoms with E-state index in [0.29, 0.717) is 12.4 Å². The lowest BCUT2D eigenvalue weighted by molar-refractivity contribution is -0.146. The maximum atomic E-state index is 11.4. The molecule has 0 saturated carbocycles. The van der Waals surface area contributed by atoms with Gasteiger partial charge in [-0.05, 0) is 30.7 Å². The highest BCUT2D eigenvalue weighted by atomic mass is 16.6. The Morgan fingerprint density at radius 1 is 1.32 bits per heavy atom. The van der Waals surface area contributed by atoms with Crippen LogP contribution in [0, 0.1) is 0 Å². The van der Waals surface area contributed by atoms with Crippen LogP contribution in [0.15, 0.2) is 24.3 Å². The molecule has 0 bridgehead atoms. The lowest BCUT2D eigenvalue weighted by Crippen LogP contribution is -2.16. The zero-order valence-corrected chi connectivity index (χ0v) is 11.8. The fourth-order valence-corrected chi connectivity index (χ4v) is 1.53. The number of carbonyl (C=O) groups excluding carboxylic acids is 1. The summed E-state index contributed by atoms with van der Waals surface area (Å²) in [6.45, 7) is 6.28. The van der Waals surface area contributed by atoms with Crippen molar-refractivity contribution in [3.8, 4) is 5.75 Å². The Balaban J connectivity index is 2.33. The van der Waals surface area contributed by atoms with Gasteiger partial charge in [0, 0.05) is 6.54 Å². The normalized spacial score (nSPS) is 10.2. The molecule has 0 unspecified atom stereocenters. The van der Waals surface area contributed by atoms with Crippen LogP contribution in [0.2, 0.25) is 0 Å². The highest BCUT2D eigenvalue weighted by molar-refractivity contribution is 5.71. The maximum Gasteiger partial charge on any atom is 0.344 e. The highest BCUT2D eigenvalue weighted by Crippen LogP contribution is 2.13. The van der Waals surface area contributed by atoms with E-state index in [-0.39, 0.29) is 12.6 Å². The number of carbonyl (C=O) groups is 1. The smallest absolute Gasteiger partial charge is 0.344 e. The zero-order valence-electron chi connectivity index (χ0n) is 11.8. The molecular weight excluding hydrogens is 242 g/mol. The van der Waals surface area contributed by atoms with Gasteiger partial charge in [-0.2, -0.15) is 0 Å². The molecule has 19 heavy (non-hydrogen) atoms. The average molecular weight is 265 g/mol. The molecule has 0 aliphatic rings. The zero-order chi connectivity index (χ0) is 13.9. The van der Waals surface area contributed by atoms with E-state index in [0.717, 1.165) is 31.5 Å². The van der Waals surface area contributed by atoms with Crippen molar-refractivity contribution < 1.29 is 14.3 Å². The summed E-state index contributed by atoms with van der Waals surface area (Å²) in [5, 5.41) is 3.24. The summed E-state index contributed by atoms with van der Waals surface area (Å²) >= 11 is 0. The fourth-order valence-electron chi connectivity index (χ4n) is 1.53. The van der Waals surface area contributed by atoms with E-state index in [4.69, 9.17) is 9.47 Å². The van der Waals surface area contributed by atoms with Gasteiger partial charge in [0.25, 0.3) is 0 Å². The number of benzene rings is 1. The van der Waals surface area contributed by atoms with E-state index in [1.165, 1.54) is 0 Å². The summed E-state index contributed by atoms with van der Waals surface area (Å²) in [6, 6.07) is 7.72. The van der Waals surface area contributed by atoms with Crippen LogP contribution in [0.3, 0.4) is 0 Å². The number of nitrogens with one attached hydrogen (secondary N) is 1. The second-order valence-corrected chi connectivity index (χ2v) is 4.29. The van der Waals surface area contributed by atoms with Crippen molar-refractivity contribution in [1.29, 1.82) is 0 Å². The van der Waals surface area contributed by atoms with E-state index in [1.54, 1.807) is 0 Å². The third-order valence-corrected chi connectivity index (χ3v) is 2.60. The van der Waals surface area contributed by atoms with Gasteiger partial charge >= 0.3 is 5.97 Å². The number of rotatable bonds is 9. The van der Waals surface area contributed by atoms with Crippen LogP contribution in [0.25, 0.3) is 0 Å². The molecule has 0 fully saturated rings. The molecule has 1 N–H and O–H groups in total. The molecular formula is C15H23NO3. The number of unbranched alkanes of at least 4 members (excludes halogenated alkanes) is 1. The van der Waals surface area contributed by atoms with Gasteiger partial charge in [-0.25, -0.2) is 4.79 Å². The Morgan fingerprint density at radius 3 is 2.89 bits per heavy atom. The summed E-state index contributed by atoms with van der Waals surface area (Å²) in [5.74, 6) is 0.383. The molecule has 0 amide bonds. The van der Waals surface area contributed by atoms with Gasteiger partial charge in [0.2, 0.25) is 0 Å². The molecule has 4 heteroatoms. The predicted molar refractivity (Wildman–Crippen MR) is 75.2 cm³/mol. The van der Waals surface area contributed by atoms with Crippen molar-refractivity contribution in [2.45, 2.75) is 33.2 Å². The molecule has 1 aromatic rings. The predicted octanol–water partition coefficient (Wildman–Crippen LogP) is 2.52. The van der Waals surface area contributed by atoms with Gasteiger partial charge in [-0.15, -0.1) is 0 Å². The monoisotopic (exact) mass is 265 g/mol. The lowest BCUT2D eigenvalue weighted by atomic mass is 10.2. The van der Waals surface area contributed by atoms with Crippen molar-refractivity contribution in [2.24, 2.45) is 0 Å². The summed E-state index contributed by atoms with van der Waals surface area (Å²) in [7, 11) is 0. The summed E-state index contributed by atoms with van der Waals surface area (Å²) < 4.78 is 10.4. The summed E-state index contributed by atoms with van der Waals surface area (Å²) in [6.07, 6.45) is 1.91. The molecule has 0 atom stereocenters. The second kappa shape index (κ2) is 9.39. The van der Waals surface area contributed by atoms with Crippen LogP contribution >= 0.6 is 0 Å². The van der Waals surface area contributed by atoms with Crippen LogP contribution in [0.5, 0.6) is 5.75 Å². The van der Waals surface area contributed by atoms with Crippen molar-refractivity contribution in [3.05, 3.63) is 29.8 Å². The minimum Gasteiger partial charge on any atom is -0.482 e. The lowest BCUT2D eigenvalue weighted by Gasteiger charge is -2.08. The Hall–Kier alpha value is -1.55. The van der Waals surface area contributed by atoms with Gasteiger partial charge in [0.1, 0.15) is 5.75 Å². The molecule has 0 radical (unpaired) electrons. The largest absolute Gasteiger partial charge is 0.482 e. The van der Waals surface area contributed by atoms with Crippen LogP contribution in [-0.4, -0.2) is 25.7 Å². The van der Waals surface area contributed by atoms with Gasteiger partial charge < -0.3 is 14.8 Å². The van der Waals surface area contributed by atoms with E-state index in [1.807, 2.05) is 24.3 Å². The van der Waals surface area contributed by atoms with E-state index < -0.39 is 0 Å². The summed E-state index contributed by atoms with van der Waals surface area (Å²) in [4.78, 5) is 11.4. The van der Waals surface area contributed by atoms with E-state index >= 15 is 0 Å². The minimum atomic E-state index is -0.314. The molecule has 0 spiro atoms. The molecule has 0 aromatic heterocycles. The van der Waals surface area contributed by atoms with Crippen LogP contribution < -0.4 is 10.1 Å². The number of esters is 1. The molecule has 1 aromatic carbocycles. The third-order valence-electron chi connectivity index (χ3n) is 2.60. The van der Waals surface area contributed by atoms with E-state index in [2.05, 4.69) is 19.2 Å². The maximum absolute atomic E-state index is 11.4. The Labute approximate surface area is 115 Å². The topological polar surface area (TPSA) is 47.6 Å². The first-order chi connectivity index (χ1) is 9.26. The van der Waals surface area contributed by atoms with Crippen molar-refractivity contribution >= 4 is 5.97 Å². The Morgan fingerprint density at radius 2 is 2.16 bits per heavy atom. The molecule has 1 rings (SSSR count). The number of hydrogen-bond donors (Lipinski definition) is 1. The second-order valence-electron chi connectivity index (χ2n) is 4.29. The van der Waals surface area contributed by atoms with Gasteiger partial charge in [0.05, 0.1) is 6.61 Å². The molecule has 0 heterocycles. The van der Waals surface area contributed by atoms with Crippen LogP contribution in [-0.2, 0) is 16.1 Å². The fraction of sp³-hybridized carbons (Fsp3) is 0.533. The third kappa shape index (κ3) is 6.82. The standard InChI is InChI=1S/C15H23NO3/c1-3-5-9-18-15(17)12-19-14-8-6-7-13(10-14)11-16-4-2/h6-8,10,16H,3-5,9,11-12H2,1-2H3. The molecule has 4 nitrogen and oxygen atoms in total. The molecule has 0 aliphatic carbocycles. The molecule has 106 valence electrons. The minimum absolute atomic E-state index is 0.0334. The average Bonchev–Trinajstić information content (AvgIpc) is 2.44. The first-order valence-electron chi connectivity index (χ1n) is 6.84. The first kappa shape index (κ1) is 15.5. The highest BCUT2D eigenvalue weighted by Gasteiger charge is 2.04. The summed E-state index contributed by atoms with van der Waals surface area (Å²) in [5.41, 5.74) is 1.14. The van der Waals surface area contributed by atoms with Gasteiger partial charge in [-0.1, -0.05) is 32.4 Å². The number of hydrogen-bond acceptors (Lipinski definition) is 4.